The Morgan fingerprint density at radius 1 is 0.429 bits per heavy atom. The summed E-state index contributed by atoms with van der Waals surface area (Å²) in [6, 6.07) is 9.08. The smallest absolute Gasteiger partial charge is 0.369 e. The van der Waals surface area contributed by atoms with Gasteiger partial charge in [0.2, 0.25) is 24.1 Å². The number of ether oxygens (including phenoxy) is 19. The van der Waals surface area contributed by atoms with Crippen LogP contribution >= 0.6 is 0 Å². The van der Waals surface area contributed by atoms with E-state index in [0.29, 0.717) is 12.4 Å². The molecular weight excluding hydrogens is 1210 g/mol. The van der Waals surface area contributed by atoms with Crippen LogP contribution in [0.2, 0.25) is 0 Å². The molecule has 29 nitrogen and oxygen atoms in total. The van der Waals surface area contributed by atoms with E-state index in [4.69, 9.17) is 90.0 Å². The molecule has 0 aliphatic carbocycles. The summed E-state index contributed by atoms with van der Waals surface area (Å²) in [6.07, 6.45) is -14.0. The first-order valence-corrected chi connectivity index (χ1v) is 30.0. The topological polar surface area (TPSA) is 352 Å². The largest absolute Gasteiger partial charge is 0.504 e. The number of fused-ring (bicyclic) bond motifs is 1. The Morgan fingerprint density at radius 3 is 1.16 bits per heavy atom. The van der Waals surface area contributed by atoms with E-state index in [0.717, 1.165) is 0 Å². The molecule has 508 valence electrons. The third-order valence-electron chi connectivity index (χ3n) is 16.0. The van der Waals surface area contributed by atoms with E-state index in [9.17, 15) is 48.6 Å². The van der Waals surface area contributed by atoms with E-state index in [1.54, 1.807) is 45.9 Å². The minimum atomic E-state index is -1.39. The van der Waals surface area contributed by atoms with Crippen molar-refractivity contribution < 1.29 is 139 Å². The lowest BCUT2D eigenvalue weighted by atomic mass is 9.83. The maximum Gasteiger partial charge on any atom is 0.369 e. The van der Waals surface area contributed by atoms with Gasteiger partial charge in [-0.2, -0.15) is 0 Å². The normalized spacial score (nSPS) is 33.2. The van der Waals surface area contributed by atoms with Gasteiger partial charge in [-0.15, -0.1) is 0 Å². The van der Waals surface area contributed by atoms with Gasteiger partial charge in [0.15, 0.2) is 60.0 Å². The SMILES string of the molecule is CC(=O)OC[C@H]1O[C@@H](O[C@H]2[C@H](C)[C@@H](OC(C)=O)[C@H](Oc3cccc(O)c3O)O[C@@H]2COC(C)=O)[C@H](OC(C)=O)[C@@H](C)[C@H]1C.CCOC1(C)Oc2cccc(O[C@@H]3O[C@H](COC(C)=O)[C@@H](O[C@@H]4O[C@H](COC(C)=O)[C@H](C)[C@H](C)[C@H]4OC(C)=O)[C@H](C)[C@H]3OC(C)=O)c2O1. The summed E-state index contributed by atoms with van der Waals surface area (Å²) in [4.78, 5) is 95.5. The highest BCUT2D eigenvalue weighted by Crippen LogP contribution is 2.48. The highest BCUT2D eigenvalue weighted by molar-refractivity contribution is 5.68. The Kier molecular flexibility index (Phi) is 25.9. The molecule has 0 amide bonds. The second kappa shape index (κ2) is 32.3. The molecule has 0 saturated carbocycles. The van der Waals surface area contributed by atoms with Crippen LogP contribution in [-0.4, -0.2) is 183 Å². The summed E-state index contributed by atoms with van der Waals surface area (Å²) in [5.41, 5.74) is 0. The fourth-order valence-electron chi connectivity index (χ4n) is 11.1. The van der Waals surface area contributed by atoms with Crippen molar-refractivity contribution in [2.45, 2.75) is 203 Å². The van der Waals surface area contributed by atoms with E-state index in [1.807, 2.05) is 27.7 Å². The van der Waals surface area contributed by atoms with Crippen LogP contribution in [0.25, 0.3) is 0 Å². The number of hydrogen-bond donors (Lipinski definition) is 2. The molecule has 0 radical (unpaired) electrons. The van der Waals surface area contributed by atoms with Gasteiger partial charge in [-0.05, 0) is 43.0 Å². The van der Waals surface area contributed by atoms with Crippen LogP contribution in [0.4, 0.5) is 0 Å². The van der Waals surface area contributed by atoms with Crippen molar-refractivity contribution >= 4 is 47.8 Å². The number of phenols is 2. The van der Waals surface area contributed by atoms with Crippen LogP contribution in [0.1, 0.15) is 111 Å². The lowest BCUT2D eigenvalue weighted by Gasteiger charge is -2.48. The van der Waals surface area contributed by atoms with Gasteiger partial charge in [0, 0.05) is 86.0 Å². The van der Waals surface area contributed by atoms with Crippen LogP contribution < -0.4 is 18.9 Å². The first-order valence-electron chi connectivity index (χ1n) is 30.0. The molecule has 0 aromatic heterocycles. The summed E-state index contributed by atoms with van der Waals surface area (Å²) >= 11 is 0. The number of esters is 8. The number of phenolic OH excluding ortho intramolecular Hbond substituents is 2. The van der Waals surface area contributed by atoms with Crippen molar-refractivity contribution in [2.24, 2.45) is 35.5 Å². The van der Waals surface area contributed by atoms with E-state index in [-0.39, 0.29) is 67.3 Å². The number of hydrogen-bond acceptors (Lipinski definition) is 29. The second-order valence-electron chi connectivity index (χ2n) is 23.0. The third kappa shape index (κ3) is 19.4. The molecule has 0 spiro atoms. The lowest BCUT2D eigenvalue weighted by Crippen LogP contribution is -2.61. The number of aromatic hydroxyl groups is 2. The fraction of sp³-hybridized carbons (Fsp3) is 0.677. The Bertz CT molecular complexity index is 2840. The standard InChI is InChI=1S/C33H46O15.C29H40O14/c1-10-40-33(9)47-24-13-11-12-23(30(24)48-33)43-31-29(42-22(8)37)18(4)27(26(45-31)15-39-20(6)35)46-32-28(41-21(7)36)17(3)16(2)25(44-32)14-38-19(5)34;1-13-14(2)26(38-18(6)32)29(41-22(13)11-36-16(4)30)43-25-15(3)27(39-19(7)33)28(42-23(25)12-37-17(5)31)40-21-10-8-9-20(34)24(21)35/h11-13,16-18,25-29,31-32H,10,14-15H2,1-9H3;8-10,13-15,22-23,25-29,34-35H,11-12H2,1-7H3/t16-,17+,18+,25-,26-,27+,28-,29-,31-,32+,33?;13-,14+,15+,22-,23-,25+,26-,27-,28-,29+/m11/s1. The second-order valence-corrected chi connectivity index (χ2v) is 23.0. The molecule has 5 aliphatic heterocycles. The average molecular weight is 1300 g/mol. The maximum atomic E-state index is 12.4. The first kappa shape index (κ1) is 72.8. The van der Waals surface area contributed by atoms with Crippen LogP contribution in [0.3, 0.4) is 0 Å². The van der Waals surface area contributed by atoms with Crippen LogP contribution in [-0.2, 0) is 109 Å². The van der Waals surface area contributed by atoms with Crippen molar-refractivity contribution in [1.29, 1.82) is 0 Å². The Labute approximate surface area is 527 Å². The quantitative estimate of drug-likeness (QED) is 0.0836. The molecule has 5 aliphatic rings. The van der Waals surface area contributed by atoms with Crippen molar-refractivity contribution in [3.8, 4) is 34.5 Å². The molecule has 2 N–H and O–H groups in total. The molecule has 7 rings (SSSR count). The van der Waals surface area contributed by atoms with E-state index < -0.39 is 163 Å². The van der Waals surface area contributed by atoms with Gasteiger partial charge in [-0.25, -0.2) is 0 Å². The van der Waals surface area contributed by atoms with Gasteiger partial charge in [0.1, 0.15) is 38.6 Å². The zero-order valence-electron chi connectivity index (χ0n) is 54.0. The van der Waals surface area contributed by atoms with E-state index >= 15 is 0 Å². The Balaban J connectivity index is 0.000000291. The lowest BCUT2D eigenvalue weighted by molar-refractivity contribution is -0.336. The molecule has 2 aromatic rings. The van der Waals surface area contributed by atoms with Crippen molar-refractivity contribution in [2.75, 3.05) is 33.0 Å². The Hall–Kier alpha value is -7.28. The van der Waals surface area contributed by atoms with Gasteiger partial charge in [0.05, 0.1) is 31.0 Å². The van der Waals surface area contributed by atoms with Gasteiger partial charge in [0.25, 0.3) is 0 Å². The van der Waals surface area contributed by atoms with E-state index in [2.05, 4.69) is 0 Å². The summed E-state index contributed by atoms with van der Waals surface area (Å²) in [7, 11) is 0. The van der Waals surface area contributed by atoms with E-state index in [1.165, 1.54) is 73.6 Å². The zero-order valence-corrected chi connectivity index (χ0v) is 54.0. The minimum Gasteiger partial charge on any atom is -0.504 e. The number of rotatable bonds is 22. The molecule has 2 aromatic carbocycles. The minimum absolute atomic E-state index is 0.0530. The van der Waals surface area contributed by atoms with Crippen molar-refractivity contribution in [3.05, 3.63) is 36.4 Å². The monoisotopic (exact) mass is 1290 g/mol. The zero-order chi connectivity index (χ0) is 67.3. The molecule has 91 heavy (non-hydrogen) atoms. The molecule has 29 heteroatoms. The Morgan fingerprint density at radius 2 is 0.780 bits per heavy atom. The highest BCUT2D eigenvalue weighted by Gasteiger charge is 2.55. The molecule has 21 atom stereocenters. The summed E-state index contributed by atoms with van der Waals surface area (Å²) < 4.78 is 111. The molecule has 4 saturated heterocycles. The average Bonchev–Trinajstić information content (AvgIpc) is 1.62. The molecule has 1 unspecified atom stereocenters. The van der Waals surface area contributed by atoms with Crippen LogP contribution in [0.15, 0.2) is 36.4 Å². The van der Waals surface area contributed by atoms with Gasteiger partial charge < -0.3 is 100 Å². The van der Waals surface area contributed by atoms with Gasteiger partial charge in [-0.3, -0.25) is 38.4 Å². The molecule has 5 heterocycles. The number of carbonyl (C=O) groups excluding carboxylic acids is 8. The molecule has 4 fully saturated rings. The van der Waals surface area contributed by atoms with Crippen molar-refractivity contribution in [1.82, 2.24) is 0 Å². The summed E-state index contributed by atoms with van der Waals surface area (Å²) in [5.74, 6) is -8.61. The van der Waals surface area contributed by atoms with Gasteiger partial charge >= 0.3 is 53.7 Å². The number of benzene rings is 2. The maximum absolute atomic E-state index is 12.4. The highest BCUT2D eigenvalue weighted by atomic mass is 16.9. The summed E-state index contributed by atoms with van der Waals surface area (Å²) in [5, 5.41) is 20.2. The molecular formula is C62H86O29. The summed E-state index contributed by atoms with van der Waals surface area (Å²) in [6.45, 7) is 24.0. The number of para-hydroxylation sites is 2. The van der Waals surface area contributed by atoms with Crippen molar-refractivity contribution in [3.63, 3.8) is 0 Å². The predicted octanol–water partition coefficient (Wildman–Crippen LogP) is 5.49. The van der Waals surface area contributed by atoms with Gasteiger partial charge in [-0.1, -0.05) is 53.7 Å². The third-order valence-corrected chi connectivity index (χ3v) is 16.0. The van der Waals surface area contributed by atoms with Crippen LogP contribution in [0.5, 0.6) is 34.5 Å². The first-order chi connectivity index (χ1) is 42.8. The van der Waals surface area contributed by atoms with Crippen LogP contribution in [0, 0.1) is 35.5 Å². The number of carbonyl (C=O) groups is 8. The molecule has 0 bridgehead atoms. The fourth-order valence-corrected chi connectivity index (χ4v) is 11.1. The predicted molar refractivity (Wildman–Crippen MR) is 307 cm³/mol.